The number of anilines is 3. The Hall–Kier alpha value is -2.82. The molecule has 2 aromatic heterocycles. The van der Waals surface area contributed by atoms with E-state index < -0.39 is 0 Å². The predicted molar refractivity (Wildman–Crippen MR) is 159 cm³/mol. The molecule has 0 amide bonds. The quantitative estimate of drug-likeness (QED) is 0.405. The fourth-order valence-electron chi connectivity index (χ4n) is 6.15. The van der Waals surface area contributed by atoms with Crippen LogP contribution in [-0.2, 0) is 4.74 Å². The number of piperidine rings is 2. The smallest absolute Gasteiger partial charge is 0.250 e. The summed E-state index contributed by atoms with van der Waals surface area (Å²) < 4.78 is 16.1. The van der Waals surface area contributed by atoms with Crippen LogP contribution in [0.5, 0.6) is 0 Å². The van der Waals surface area contributed by atoms with Gasteiger partial charge < -0.3 is 28.8 Å². The molecule has 2 atom stereocenters. The maximum Gasteiger partial charge on any atom is 0.250 e. The van der Waals surface area contributed by atoms with Gasteiger partial charge in [0.05, 0.1) is 23.5 Å². The van der Waals surface area contributed by atoms with Crippen LogP contribution in [0.15, 0.2) is 40.9 Å². The number of ether oxygens (including phenoxy) is 1. The molecule has 6 heterocycles. The van der Waals surface area contributed by atoms with Crippen molar-refractivity contribution >= 4 is 29.1 Å². The summed E-state index contributed by atoms with van der Waals surface area (Å²) in [6, 6.07) is 10.4. The molecule has 0 spiro atoms. The van der Waals surface area contributed by atoms with E-state index in [2.05, 4.69) is 54.0 Å². The number of rotatable bonds is 3. The first-order valence-corrected chi connectivity index (χ1v) is 15.7. The number of pyridine rings is 1. The molecular weight excluding hydrogens is 524 g/mol. The van der Waals surface area contributed by atoms with E-state index in [0.29, 0.717) is 30.7 Å². The normalized spacial score (nSPS) is 25.4. The highest BCUT2D eigenvalue weighted by Gasteiger charge is 2.27. The molecule has 3 aromatic rings. The van der Waals surface area contributed by atoms with E-state index in [9.17, 15) is 5.11 Å². The van der Waals surface area contributed by atoms with Gasteiger partial charge in [0, 0.05) is 55.5 Å². The topological polar surface area (TPSA) is 99.8 Å². The van der Waals surface area contributed by atoms with Crippen LogP contribution in [0.4, 0.5) is 17.2 Å². The molecule has 1 saturated carbocycles. The molecular formula is C30H38N6O3S. The molecule has 2 unspecified atom stereocenters. The number of fused-ring (bicyclic) bond motifs is 6. The predicted octanol–water partition coefficient (Wildman–Crippen LogP) is 5.38. The van der Waals surface area contributed by atoms with E-state index in [1.165, 1.54) is 12.8 Å². The van der Waals surface area contributed by atoms with Gasteiger partial charge in [0.15, 0.2) is 0 Å². The van der Waals surface area contributed by atoms with Crippen molar-refractivity contribution in [1.82, 2.24) is 15.2 Å². The molecule has 2 N–H and O–H groups in total. The zero-order valence-corrected chi connectivity index (χ0v) is 23.7. The Kier molecular flexibility index (Phi) is 7.56. The van der Waals surface area contributed by atoms with Gasteiger partial charge >= 0.3 is 0 Å². The number of aliphatic hydroxyl groups is 1. The second kappa shape index (κ2) is 11.6. The van der Waals surface area contributed by atoms with Gasteiger partial charge in [0.2, 0.25) is 11.8 Å². The number of aromatic nitrogens is 3. The van der Waals surface area contributed by atoms with Crippen molar-refractivity contribution in [3.63, 3.8) is 0 Å². The van der Waals surface area contributed by atoms with Crippen LogP contribution in [0.2, 0.25) is 0 Å². The van der Waals surface area contributed by atoms with Gasteiger partial charge in [0.1, 0.15) is 5.82 Å². The molecule has 0 radical (unpaired) electrons. The van der Waals surface area contributed by atoms with Crippen molar-refractivity contribution < 1.29 is 14.3 Å². The lowest BCUT2D eigenvalue weighted by molar-refractivity contribution is 0.0116. The van der Waals surface area contributed by atoms with Crippen LogP contribution in [-0.4, -0.2) is 70.5 Å². The highest BCUT2D eigenvalue weighted by molar-refractivity contribution is 8.01. The van der Waals surface area contributed by atoms with Gasteiger partial charge in [0.25, 0.3) is 0 Å². The summed E-state index contributed by atoms with van der Waals surface area (Å²) in [4.78, 5) is 9.41. The molecule has 3 fully saturated rings. The largest absolute Gasteiger partial charge is 0.416 e. The van der Waals surface area contributed by atoms with Crippen molar-refractivity contribution in [2.24, 2.45) is 5.92 Å². The first kappa shape index (κ1) is 26.1. The summed E-state index contributed by atoms with van der Waals surface area (Å²) in [5.74, 6) is 2.39. The molecule has 5 aliphatic rings. The number of nitrogens with one attached hydrogen (secondary N) is 1. The van der Waals surface area contributed by atoms with Gasteiger partial charge in [-0.2, -0.15) is 0 Å². The van der Waals surface area contributed by atoms with Crippen LogP contribution in [0.1, 0.15) is 51.4 Å². The summed E-state index contributed by atoms with van der Waals surface area (Å²) in [6.45, 7) is 4.25. The molecule has 40 heavy (non-hydrogen) atoms. The van der Waals surface area contributed by atoms with Crippen LogP contribution < -0.4 is 14.5 Å². The monoisotopic (exact) mass is 562 g/mol. The maximum atomic E-state index is 10.8. The Morgan fingerprint density at radius 3 is 2.67 bits per heavy atom. The van der Waals surface area contributed by atoms with Crippen LogP contribution >= 0.6 is 11.9 Å². The Balaban J connectivity index is 1.22. The van der Waals surface area contributed by atoms with Crippen molar-refractivity contribution in [2.45, 2.75) is 68.8 Å². The zero-order chi connectivity index (χ0) is 26.9. The van der Waals surface area contributed by atoms with E-state index in [-0.39, 0.29) is 12.2 Å². The molecule has 9 nitrogen and oxygen atoms in total. The third kappa shape index (κ3) is 5.94. The van der Waals surface area contributed by atoms with Crippen molar-refractivity contribution in [1.29, 1.82) is 0 Å². The summed E-state index contributed by atoms with van der Waals surface area (Å²) in [7, 11) is 0. The Bertz CT molecular complexity index is 1310. The van der Waals surface area contributed by atoms with Crippen molar-refractivity contribution in [3.05, 3.63) is 36.5 Å². The van der Waals surface area contributed by atoms with Crippen LogP contribution in [0.3, 0.4) is 0 Å². The molecule has 8 rings (SSSR count). The average molecular weight is 563 g/mol. The third-order valence-electron chi connectivity index (χ3n) is 8.55. The van der Waals surface area contributed by atoms with Gasteiger partial charge in [-0.25, -0.2) is 4.98 Å². The molecule has 4 aliphatic heterocycles. The minimum Gasteiger partial charge on any atom is -0.416 e. The summed E-state index contributed by atoms with van der Waals surface area (Å²) in [6.07, 6.45) is 9.91. The molecule has 2 saturated heterocycles. The standard InChI is InChI=1S/C30H38N6O3S/c37-23-10-15-38-24-8-13-35(14-9-24)27-18-22(34-40-25-4-5-25)3-6-26(27)30-33-32-29(39-30)21-7-11-31-28(17-21)36-12-1-2-20(16-23)19-36/h3,6-7,11,17-18,20,23-25,34,37H,1-2,4-5,8-10,12-16,19H2. The highest BCUT2D eigenvalue weighted by atomic mass is 32.2. The van der Waals surface area contributed by atoms with Crippen LogP contribution in [0.25, 0.3) is 22.9 Å². The molecule has 1 aromatic carbocycles. The lowest BCUT2D eigenvalue weighted by Gasteiger charge is -2.35. The highest BCUT2D eigenvalue weighted by Crippen LogP contribution is 2.39. The lowest BCUT2D eigenvalue weighted by Crippen LogP contribution is -2.38. The van der Waals surface area contributed by atoms with E-state index in [4.69, 9.17) is 9.15 Å². The Labute approximate surface area is 239 Å². The van der Waals surface area contributed by atoms with Gasteiger partial charge in [-0.1, -0.05) is 0 Å². The summed E-state index contributed by atoms with van der Waals surface area (Å²) in [5.41, 5.74) is 4.02. The number of hydrogen-bond acceptors (Lipinski definition) is 10. The zero-order valence-electron chi connectivity index (χ0n) is 22.9. The Morgan fingerprint density at radius 1 is 0.925 bits per heavy atom. The van der Waals surface area contributed by atoms with E-state index in [1.54, 1.807) is 0 Å². The summed E-state index contributed by atoms with van der Waals surface area (Å²) >= 11 is 1.81. The minimum absolute atomic E-state index is 0.223. The lowest BCUT2D eigenvalue weighted by atomic mass is 9.91. The van der Waals surface area contributed by atoms with Crippen LogP contribution in [0, 0.1) is 5.92 Å². The fourth-order valence-corrected chi connectivity index (χ4v) is 6.95. The molecule has 10 heteroatoms. The second-order valence-corrected chi connectivity index (χ2v) is 12.8. The number of benzene rings is 1. The van der Waals surface area contributed by atoms with Gasteiger partial charge in [-0.15, -0.1) is 10.2 Å². The molecule has 8 bridgehead atoms. The third-order valence-corrected chi connectivity index (χ3v) is 9.71. The average Bonchev–Trinajstić information content (AvgIpc) is 3.69. The molecule has 1 aliphatic carbocycles. The van der Waals surface area contributed by atoms with Crippen molar-refractivity contribution in [3.8, 4) is 22.9 Å². The first-order valence-electron chi connectivity index (χ1n) is 14.8. The Morgan fingerprint density at radius 2 is 1.80 bits per heavy atom. The maximum absolute atomic E-state index is 10.8. The minimum atomic E-state index is -0.335. The fraction of sp³-hybridized carbons (Fsp3) is 0.567. The van der Waals surface area contributed by atoms with Crippen molar-refractivity contribution in [2.75, 3.05) is 47.3 Å². The van der Waals surface area contributed by atoms with E-state index in [1.807, 2.05) is 24.2 Å². The summed E-state index contributed by atoms with van der Waals surface area (Å²) in [5, 5.41) is 20.5. The molecule has 212 valence electrons. The number of hydrogen-bond donors (Lipinski definition) is 2. The second-order valence-electron chi connectivity index (χ2n) is 11.7. The first-order chi connectivity index (χ1) is 19.7. The number of nitrogens with zero attached hydrogens (tertiary/aromatic N) is 5. The van der Waals surface area contributed by atoms with E-state index in [0.717, 1.165) is 91.9 Å². The van der Waals surface area contributed by atoms with E-state index >= 15 is 0 Å². The SMILES string of the molecule is OC1CCOC2CCN(CC2)c2cc(NSC3CC3)ccc2-c2nnc(o2)-c2ccnc(c2)N2CCCC(C1)C2. The number of aliphatic hydroxyl groups excluding tert-OH is 1. The van der Waals surface area contributed by atoms with Gasteiger partial charge in [-0.3, -0.25) is 0 Å². The van der Waals surface area contributed by atoms with Gasteiger partial charge in [-0.05, 0) is 99.6 Å².